The third-order valence-electron chi connectivity index (χ3n) is 3.35. The van der Waals surface area contributed by atoms with Gasteiger partial charge in [-0.15, -0.1) is 18.3 Å². The van der Waals surface area contributed by atoms with Crippen LogP contribution in [-0.2, 0) is 14.1 Å². The normalized spacial score (nSPS) is 11.0. The lowest BCUT2D eigenvalue weighted by Gasteiger charge is -2.10. The van der Waals surface area contributed by atoms with Crippen LogP contribution in [0.3, 0.4) is 0 Å². The van der Waals surface area contributed by atoms with Crippen LogP contribution in [0.15, 0.2) is 50.1 Å². The lowest BCUT2D eigenvalue weighted by Crippen LogP contribution is -2.37. The number of aromatic nitrogens is 4. The van der Waals surface area contributed by atoms with Gasteiger partial charge in [0.15, 0.2) is 17.2 Å². The number of furan rings is 1. The molecule has 0 spiro atoms. The number of rotatable bonds is 4. The first kappa shape index (κ1) is 15.3. The molecule has 23 heavy (non-hydrogen) atoms. The topological polar surface area (TPSA) is 82.9 Å². The predicted octanol–water partition coefficient (Wildman–Crippen LogP) is 1.57. The molecule has 7 nitrogen and oxygen atoms in total. The van der Waals surface area contributed by atoms with Crippen molar-refractivity contribution in [2.45, 2.75) is 5.03 Å². The van der Waals surface area contributed by atoms with Crippen LogP contribution in [0.5, 0.6) is 0 Å². The summed E-state index contributed by atoms with van der Waals surface area (Å²) in [5, 5.41) is 0.814. The first-order valence-corrected chi connectivity index (χ1v) is 7.78. The highest BCUT2D eigenvalue weighted by atomic mass is 32.2. The SMILES string of the molecule is C=CCSc1nc(-c2ccco2)nc2c1c(=O)n(C)c(=O)n2C. The Morgan fingerprint density at radius 2 is 2.09 bits per heavy atom. The van der Waals surface area contributed by atoms with Crippen molar-refractivity contribution in [3.8, 4) is 11.6 Å². The van der Waals surface area contributed by atoms with E-state index in [0.29, 0.717) is 27.7 Å². The Morgan fingerprint density at radius 1 is 1.30 bits per heavy atom. The highest BCUT2D eigenvalue weighted by Crippen LogP contribution is 2.26. The highest BCUT2D eigenvalue weighted by Gasteiger charge is 2.18. The van der Waals surface area contributed by atoms with Crippen LogP contribution in [0.4, 0.5) is 0 Å². The maximum atomic E-state index is 12.5. The van der Waals surface area contributed by atoms with Crippen molar-refractivity contribution < 1.29 is 4.42 Å². The van der Waals surface area contributed by atoms with Gasteiger partial charge in [-0.3, -0.25) is 13.9 Å². The quantitative estimate of drug-likeness (QED) is 0.410. The van der Waals surface area contributed by atoms with Crippen molar-refractivity contribution in [2.75, 3.05) is 5.75 Å². The molecule has 3 aromatic heterocycles. The minimum Gasteiger partial charge on any atom is -0.461 e. The molecule has 0 aliphatic rings. The Hall–Kier alpha value is -2.61. The molecule has 0 aliphatic heterocycles. The average Bonchev–Trinajstić information content (AvgIpc) is 3.09. The van der Waals surface area contributed by atoms with Gasteiger partial charge < -0.3 is 4.42 Å². The summed E-state index contributed by atoms with van der Waals surface area (Å²) < 4.78 is 7.71. The van der Waals surface area contributed by atoms with Gasteiger partial charge in [0.25, 0.3) is 5.56 Å². The van der Waals surface area contributed by atoms with Gasteiger partial charge >= 0.3 is 5.69 Å². The van der Waals surface area contributed by atoms with Crippen LogP contribution in [0.1, 0.15) is 0 Å². The first-order valence-electron chi connectivity index (χ1n) is 6.80. The smallest absolute Gasteiger partial charge is 0.332 e. The van der Waals surface area contributed by atoms with Crippen LogP contribution >= 0.6 is 11.8 Å². The maximum absolute atomic E-state index is 12.5. The van der Waals surface area contributed by atoms with Gasteiger partial charge in [0.1, 0.15) is 10.4 Å². The molecular weight excluding hydrogens is 316 g/mol. The van der Waals surface area contributed by atoms with E-state index in [9.17, 15) is 9.59 Å². The molecule has 118 valence electrons. The molecule has 3 rings (SSSR count). The van der Waals surface area contributed by atoms with Crippen LogP contribution in [0.2, 0.25) is 0 Å². The lowest BCUT2D eigenvalue weighted by atomic mass is 10.3. The summed E-state index contributed by atoms with van der Waals surface area (Å²) in [4.78, 5) is 33.4. The molecular formula is C15H14N4O3S. The van der Waals surface area contributed by atoms with Gasteiger partial charge in [-0.05, 0) is 12.1 Å². The predicted molar refractivity (Wildman–Crippen MR) is 88.6 cm³/mol. The number of thioether (sulfide) groups is 1. The van der Waals surface area contributed by atoms with Crippen LogP contribution in [0, 0.1) is 0 Å². The zero-order valence-corrected chi connectivity index (χ0v) is 13.5. The highest BCUT2D eigenvalue weighted by molar-refractivity contribution is 7.99. The molecule has 0 atom stereocenters. The van der Waals surface area contributed by atoms with E-state index in [2.05, 4.69) is 16.5 Å². The molecule has 0 amide bonds. The molecule has 8 heteroatoms. The molecule has 0 unspecified atom stereocenters. The summed E-state index contributed by atoms with van der Waals surface area (Å²) >= 11 is 1.36. The van der Waals surface area contributed by atoms with E-state index < -0.39 is 11.2 Å². The van der Waals surface area contributed by atoms with E-state index in [-0.39, 0.29) is 5.65 Å². The fraction of sp³-hybridized carbons (Fsp3) is 0.200. The zero-order chi connectivity index (χ0) is 16.6. The van der Waals surface area contributed by atoms with Crippen molar-refractivity contribution >= 4 is 22.8 Å². The van der Waals surface area contributed by atoms with Gasteiger partial charge in [-0.2, -0.15) is 0 Å². The Kier molecular flexibility index (Phi) is 3.91. The summed E-state index contributed by atoms with van der Waals surface area (Å²) in [6.07, 6.45) is 3.24. The first-order chi connectivity index (χ1) is 11.0. The second-order valence-electron chi connectivity index (χ2n) is 4.83. The third-order valence-corrected chi connectivity index (χ3v) is 4.32. The maximum Gasteiger partial charge on any atom is 0.332 e. The second kappa shape index (κ2) is 5.88. The van der Waals surface area contributed by atoms with Crippen LogP contribution in [0.25, 0.3) is 22.6 Å². The fourth-order valence-electron chi connectivity index (χ4n) is 2.19. The number of fused-ring (bicyclic) bond motifs is 1. The van der Waals surface area contributed by atoms with E-state index in [0.717, 1.165) is 4.57 Å². The summed E-state index contributed by atoms with van der Waals surface area (Å²) in [6, 6.07) is 3.45. The standard InChI is InChI=1S/C15H14N4O3S/c1-4-8-23-13-10-12(18(2)15(21)19(3)14(10)20)16-11(17-13)9-6-5-7-22-9/h4-7H,1,8H2,2-3H3. The largest absolute Gasteiger partial charge is 0.461 e. The van der Waals surface area contributed by atoms with Gasteiger partial charge in [0.05, 0.1) is 6.26 Å². The number of aryl methyl sites for hydroxylation is 1. The van der Waals surface area contributed by atoms with Crippen LogP contribution < -0.4 is 11.2 Å². The molecule has 0 fully saturated rings. The van der Waals surface area contributed by atoms with Crippen molar-refractivity contribution in [1.29, 1.82) is 0 Å². The molecule has 0 radical (unpaired) electrons. The van der Waals surface area contributed by atoms with E-state index in [1.807, 2.05) is 0 Å². The molecule has 0 saturated carbocycles. The minimum absolute atomic E-state index is 0.283. The van der Waals surface area contributed by atoms with E-state index in [1.54, 1.807) is 25.3 Å². The number of hydrogen-bond acceptors (Lipinski definition) is 6. The van der Waals surface area contributed by atoms with Crippen molar-refractivity contribution in [2.24, 2.45) is 14.1 Å². The minimum atomic E-state index is -0.439. The second-order valence-corrected chi connectivity index (χ2v) is 5.84. The Labute approximate surface area is 135 Å². The fourth-order valence-corrected chi connectivity index (χ4v) is 2.94. The van der Waals surface area contributed by atoms with E-state index in [4.69, 9.17) is 4.42 Å². The number of nitrogens with zero attached hydrogens (tertiary/aromatic N) is 4. The van der Waals surface area contributed by atoms with Crippen LogP contribution in [-0.4, -0.2) is 24.9 Å². The Balaban J connectivity index is 2.42. The van der Waals surface area contributed by atoms with Crippen molar-refractivity contribution in [3.63, 3.8) is 0 Å². The molecule has 0 aliphatic carbocycles. The molecule has 0 N–H and O–H groups in total. The van der Waals surface area contributed by atoms with E-state index in [1.165, 1.54) is 29.6 Å². The molecule has 0 bridgehead atoms. The molecule has 3 aromatic rings. The summed E-state index contributed by atoms with van der Waals surface area (Å²) in [5.41, 5.74) is -0.571. The average molecular weight is 330 g/mol. The van der Waals surface area contributed by atoms with E-state index >= 15 is 0 Å². The third kappa shape index (κ3) is 2.50. The summed E-state index contributed by atoms with van der Waals surface area (Å²) in [6.45, 7) is 3.68. The Bertz CT molecular complexity index is 1000. The molecule has 0 saturated heterocycles. The Morgan fingerprint density at radius 3 is 2.74 bits per heavy atom. The summed E-state index contributed by atoms with van der Waals surface area (Å²) in [5.74, 6) is 1.38. The molecule has 3 heterocycles. The van der Waals surface area contributed by atoms with Gasteiger partial charge in [-0.25, -0.2) is 14.8 Å². The van der Waals surface area contributed by atoms with Gasteiger partial charge in [0.2, 0.25) is 0 Å². The van der Waals surface area contributed by atoms with Crippen molar-refractivity contribution in [3.05, 3.63) is 51.9 Å². The summed E-state index contributed by atoms with van der Waals surface area (Å²) in [7, 11) is 3.01. The van der Waals surface area contributed by atoms with Crippen molar-refractivity contribution in [1.82, 2.24) is 19.1 Å². The monoisotopic (exact) mass is 330 g/mol. The molecule has 0 aromatic carbocycles. The van der Waals surface area contributed by atoms with Gasteiger partial charge in [-0.1, -0.05) is 6.08 Å². The van der Waals surface area contributed by atoms with Gasteiger partial charge in [0, 0.05) is 19.8 Å². The zero-order valence-electron chi connectivity index (χ0n) is 12.6. The number of hydrogen-bond donors (Lipinski definition) is 0. The lowest BCUT2D eigenvalue weighted by molar-refractivity contribution is 0.576.